The molecule has 2 unspecified atom stereocenters. The molecule has 3 N–H and O–H groups in total. The summed E-state index contributed by atoms with van der Waals surface area (Å²) in [6, 6.07) is -0.622. The van der Waals surface area contributed by atoms with Crippen LogP contribution in [0.4, 0.5) is 0 Å². The second-order valence-corrected chi connectivity index (χ2v) is 20.8. The Morgan fingerprint density at radius 1 is 0.364 bits per heavy atom. The Morgan fingerprint density at radius 3 is 0.909 bits per heavy atom. The van der Waals surface area contributed by atoms with Crippen molar-refractivity contribution in [1.29, 1.82) is 0 Å². The third kappa shape index (κ3) is 53.6. The molecule has 1 amide bonds. The molecule has 0 aliphatic heterocycles. The number of aliphatic hydroxyl groups excluding tert-OH is 2. The minimum atomic E-state index is -0.839. The van der Waals surface area contributed by atoms with E-state index in [0.717, 1.165) is 32.1 Å². The highest BCUT2D eigenvalue weighted by Gasteiger charge is 2.18. The number of allylic oxidation sites excluding steroid dienone is 5. The van der Waals surface area contributed by atoms with Crippen LogP contribution >= 0.6 is 0 Å². The lowest BCUT2D eigenvalue weighted by Crippen LogP contribution is -2.45. The third-order valence-electron chi connectivity index (χ3n) is 14.1. The van der Waals surface area contributed by atoms with Gasteiger partial charge in [0.15, 0.2) is 0 Å². The molecule has 0 aliphatic carbocycles. The molecule has 0 aromatic heterocycles. The Bertz CT molecular complexity index is 1010. The second kappa shape index (κ2) is 57.9. The van der Waals surface area contributed by atoms with Crippen LogP contribution in [0.3, 0.4) is 0 Å². The normalized spacial score (nSPS) is 13.0. The molecule has 0 saturated heterocycles. The number of rotatable bonds is 56. The van der Waals surface area contributed by atoms with E-state index < -0.39 is 12.1 Å². The summed E-state index contributed by atoms with van der Waals surface area (Å²) in [5.74, 6) is -0.0584. The summed E-state index contributed by atoms with van der Waals surface area (Å²) in [6.07, 6.45) is 79.0. The van der Waals surface area contributed by atoms with E-state index in [0.29, 0.717) is 6.42 Å². The summed E-state index contributed by atoms with van der Waals surface area (Å²) in [4.78, 5) is 12.5. The van der Waals surface area contributed by atoms with E-state index in [4.69, 9.17) is 0 Å². The highest BCUT2D eigenvalue weighted by molar-refractivity contribution is 5.76. The number of carbonyl (C=O) groups is 1. The molecule has 66 heavy (non-hydrogen) atoms. The van der Waals surface area contributed by atoms with E-state index >= 15 is 0 Å². The number of hydrogen-bond acceptors (Lipinski definition) is 3. The summed E-state index contributed by atoms with van der Waals surface area (Å²) < 4.78 is 0. The van der Waals surface area contributed by atoms with Crippen molar-refractivity contribution in [3.8, 4) is 0 Å². The van der Waals surface area contributed by atoms with Crippen molar-refractivity contribution in [2.45, 2.75) is 347 Å². The standard InChI is InChI=1S/C62H119NO3/c1-3-5-7-9-11-13-15-17-19-21-23-25-26-27-28-29-30-31-32-33-34-35-36-38-40-42-44-46-48-50-52-54-56-58-62(66)63-60(59-64)61(65)57-55-53-51-49-47-45-43-41-39-37-24-22-20-18-16-14-12-10-8-6-4-2/h23,25,27-28,55,57,60-61,64-65H,3-22,24,26,29-54,56,58-59H2,1-2H3,(H,63,66)/b25-23-,28-27-,57-55+. The molecule has 390 valence electrons. The quantitative estimate of drug-likeness (QED) is 0.0420. The first kappa shape index (κ1) is 64.6. The molecular weight excluding hydrogens is 807 g/mol. The number of carbonyl (C=O) groups excluding carboxylic acids is 1. The largest absolute Gasteiger partial charge is 0.394 e. The fourth-order valence-corrected chi connectivity index (χ4v) is 9.51. The molecule has 0 spiro atoms. The number of aliphatic hydroxyl groups is 2. The lowest BCUT2D eigenvalue weighted by molar-refractivity contribution is -0.123. The van der Waals surface area contributed by atoms with Gasteiger partial charge in [-0.3, -0.25) is 4.79 Å². The number of unbranched alkanes of at least 4 members (excludes halogenated alkanes) is 45. The van der Waals surface area contributed by atoms with Crippen molar-refractivity contribution >= 4 is 5.91 Å². The zero-order valence-electron chi connectivity index (χ0n) is 45.0. The van der Waals surface area contributed by atoms with Crippen LogP contribution in [-0.2, 0) is 4.79 Å². The summed E-state index contributed by atoms with van der Waals surface area (Å²) >= 11 is 0. The molecule has 2 atom stereocenters. The smallest absolute Gasteiger partial charge is 0.220 e. The van der Waals surface area contributed by atoms with Gasteiger partial charge < -0.3 is 15.5 Å². The highest BCUT2D eigenvalue weighted by Crippen LogP contribution is 2.18. The average Bonchev–Trinajstić information content (AvgIpc) is 3.32. The molecule has 0 rings (SSSR count). The van der Waals surface area contributed by atoms with Gasteiger partial charge in [-0.05, 0) is 51.4 Å². The van der Waals surface area contributed by atoms with Crippen molar-refractivity contribution in [3.05, 3.63) is 36.5 Å². The maximum atomic E-state index is 12.5. The molecule has 0 saturated carbocycles. The van der Waals surface area contributed by atoms with Gasteiger partial charge in [0.05, 0.1) is 18.8 Å². The van der Waals surface area contributed by atoms with E-state index in [2.05, 4.69) is 43.5 Å². The first-order chi connectivity index (χ1) is 32.7. The molecule has 4 heteroatoms. The lowest BCUT2D eigenvalue weighted by Gasteiger charge is -2.20. The molecule has 0 radical (unpaired) electrons. The Balaban J connectivity index is 3.45. The second-order valence-electron chi connectivity index (χ2n) is 20.8. The van der Waals surface area contributed by atoms with Crippen LogP contribution in [0.5, 0.6) is 0 Å². The predicted octanol–water partition coefficient (Wildman–Crippen LogP) is 20.0. The molecule has 0 aromatic rings. The average molecular weight is 927 g/mol. The van der Waals surface area contributed by atoms with E-state index in [1.54, 1.807) is 6.08 Å². The maximum Gasteiger partial charge on any atom is 0.220 e. The maximum absolute atomic E-state index is 12.5. The molecule has 0 fully saturated rings. The molecule has 0 aromatic carbocycles. The highest BCUT2D eigenvalue weighted by atomic mass is 16.3. The van der Waals surface area contributed by atoms with Gasteiger partial charge in [-0.15, -0.1) is 0 Å². The first-order valence-electron chi connectivity index (χ1n) is 30.2. The topological polar surface area (TPSA) is 69.6 Å². The summed E-state index contributed by atoms with van der Waals surface area (Å²) in [5.41, 5.74) is 0. The van der Waals surface area contributed by atoms with E-state index in [9.17, 15) is 15.0 Å². The van der Waals surface area contributed by atoms with Crippen LogP contribution in [0, 0.1) is 0 Å². The van der Waals surface area contributed by atoms with Gasteiger partial charge in [0.2, 0.25) is 5.91 Å². The fourth-order valence-electron chi connectivity index (χ4n) is 9.51. The summed E-state index contributed by atoms with van der Waals surface area (Å²) in [7, 11) is 0. The van der Waals surface area contributed by atoms with Crippen LogP contribution in [0.25, 0.3) is 0 Å². The summed E-state index contributed by atoms with van der Waals surface area (Å²) in [5, 5.41) is 23.2. The van der Waals surface area contributed by atoms with Crippen molar-refractivity contribution in [1.82, 2.24) is 5.32 Å². The van der Waals surface area contributed by atoms with Crippen LogP contribution in [0.2, 0.25) is 0 Å². The third-order valence-corrected chi connectivity index (χ3v) is 14.1. The van der Waals surface area contributed by atoms with Gasteiger partial charge in [0.25, 0.3) is 0 Å². The lowest BCUT2D eigenvalue weighted by atomic mass is 10.0. The summed E-state index contributed by atoms with van der Waals surface area (Å²) in [6.45, 7) is 4.34. The molecule has 0 aliphatic rings. The van der Waals surface area contributed by atoms with E-state index in [1.165, 1.54) is 283 Å². The fraction of sp³-hybridized carbons (Fsp3) is 0.887. The molecule has 4 nitrogen and oxygen atoms in total. The van der Waals surface area contributed by atoms with Gasteiger partial charge in [-0.1, -0.05) is 314 Å². The number of hydrogen-bond donors (Lipinski definition) is 3. The van der Waals surface area contributed by atoms with E-state index in [1.807, 2.05) is 6.08 Å². The number of amides is 1. The monoisotopic (exact) mass is 926 g/mol. The Labute approximate surface area is 414 Å². The molecule has 0 heterocycles. The van der Waals surface area contributed by atoms with Crippen molar-refractivity contribution in [2.75, 3.05) is 6.61 Å². The van der Waals surface area contributed by atoms with Gasteiger partial charge in [0.1, 0.15) is 0 Å². The van der Waals surface area contributed by atoms with Crippen molar-refractivity contribution < 1.29 is 15.0 Å². The SMILES string of the molecule is CCCCCCCCCCC/C=C\C/C=C\CCCCCCCCCCCCCCCCCCCC(=O)NC(CO)C(O)/C=C/CCCCCCCCCCCCCCCCCCCCC. The van der Waals surface area contributed by atoms with Crippen molar-refractivity contribution in [2.24, 2.45) is 0 Å². The minimum Gasteiger partial charge on any atom is -0.394 e. The van der Waals surface area contributed by atoms with Gasteiger partial charge in [-0.25, -0.2) is 0 Å². The van der Waals surface area contributed by atoms with Crippen LogP contribution in [0.15, 0.2) is 36.5 Å². The first-order valence-corrected chi connectivity index (χ1v) is 30.2. The molecular formula is C62H119NO3. The van der Waals surface area contributed by atoms with Gasteiger partial charge >= 0.3 is 0 Å². The van der Waals surface area contributed by atoms with Crippen LogP contribution in [-0.4, -0.2) is 34.9 Å². The Morgan fingerprint density at radius 2 is 0.621 bits per heavy atom. The van der Waals surface area contributed by atoms with Gasteiger partial charge in [-0.2, -0.15) is 0 Å². The zero-order chi connectivity index (χ0) is 47.7. The van der Waals surface area contributed by atoms with Crippen LogP contribution in [0.1, 0.15) is 335 Å². The molecule has 0 bridgehead atoms. The van der Waals surface area contributed by atoms with Crippen LogP contribution < -0.4 is 5.32 Å². The van der Waals surface area contributed by atoms with E-state index in [-0.39, 0.29) is 12.5 Å². The Kier molecular flexibility index (Phi) is 56.7. The predicted molar refractivity (Wildman–Crippen MR) is 295 cm³/mol. The number of nitrogens with one attached hydrogen (secondary N) is 1. The minimum absolute atomic E-state index is 0.0584. The zero-order valence-corrected chi connectivity index (χ0v) is 45.0. The van der Waals surface area contributed by atoms with Gasteiger partial charge in [0, 0.05) is 6.42 Å². The Hall–Kier alpha value is -1.39. The van der Waals surface area contributed by atoms with Crippen molar-refractivity contribution in [3.63, 3.8) is 0 Å².